The molecule has 0 heterocycles. The van der Waals surface area contributed by atoms with Gasteiger partial charge in [0, 0.05) is 17.7 Å². The van der Waals surface area contributed by atoms with Crippen LogP contribution in [0.1, 0.15) is 28.8 Å². The SMILES string of the molecule is N=C(N)c1ccc(C(=O)N[C@@H](CC(=O)NCCC(=O)O)C(=O)O)cc1. The average Bonchev–Trinajstić information content (AvgIpc) is 2.53. The van der Waals surface area contributed by atoms with Gasteiger partial charge in [-0.25, -0.2) is 4.79 Å². The molecule has 0 aliphatic carbocycles. The third kappa shape index (κ3) is 6.69. The van der Waals surface area contributed by atoms with Crippen LogP contribution < -0.4 is 16.4 Å². The van der Waals surface area contributed by atoms with E-state index in [1.165, 1.54) is 24.3 Å². The van der Waals surface area contributed by atoms with Crippen molar-refractivity contribution >= 4 is 29.6 Å². The fourth-order valence-corrected chi connectivity index (χ4v) is 1.81. The molecule has 134 valence electrons. The molecule has 0 bridgehead atoms. The van der Waals surface area contributed by atoms with E-state index in [0.717, 1.165) is 0 Å². The minimum atomic E-state index is -1.47. The largest absolute Gasteiger partial charge is 0.481 e. The number of carboxylic acids is 2. The lowest BCUT2D eigenvalue weighted by molar-refractivity contribution is -0.141. The summed E-state index contributed by atoms with van der Waals surface area (Å²) in [6.45, 7) is -0.138. The first-order valence-electron chi connectivity index (χ1n) is 7.17. The summed E-state index contributed by atoms with van der Waals surface area (Å²) in [7, 11) is 0. The van der Waals surface area contributed by atoms with E-state index in [0.29, 0.717) is 5.56 Å². The Balaban J connectivity index is 2.65. The third-order valence-corrected chi connectivity index (χ3v) is 3.11. The number of nitrogens with two attached hydrogens (primary N) is 1. The number of benzene rings is 1. The van der Waals surface area contributed by atoms with Crippen molar-refractivity contribution in [2.24, 2.45) is 5.73 Å². The van der Waals surface area contributed by atoms with Crippen LogP contribution in [0.5, 0.6) is 0 Å². The lowest BCUT2D eigenvalue weighted by Crippen LogP contribution is -2.44. The van der Waals surface area contributed by atoms with Crippen LogP contribution in [-0.2, 0) is 14.4 Å². The van der Waals surface area contributed by atoms with Gasteiger partial charge < -0.3 is 26.6 Å². The zero-order chi connectivity index (χ0) is 19.0. The maximum atomic E-state index is 12.1. The van der Waals surface area contributed by atoms with Crippen molar-refractivity contribution in [3.05, 3.63) is 35.4 Å². The zero-order valence-electron chi connectivity index (χ0n) is 13.1. The molecule has 1 atom stereocenters. The van der Waals surface area contributed by atoms with E-state index in [4.69, 9.17) is 21.4 Å². The highest BCUT2D eigenvalue weighted by molar-refractivity contribution is 5.99. The van der Waals surface area contributed by atoms with Gasteiger partial charge in [0.1, 0.15) is 11.9 Å². The average molecular weight is 350 g/mol. The van der Waals surface area contributed by atoms with Gasteiger partial charge in [-0.2, -0.15) is 0 Å². The number of amidine groups is 1. The van der Waals surface area contributed by atoms with Gasteiger partial charge in [0.2, 0.25) is 5.91 Å². The molecule has 7 N–H and O–H groups in total. The molecule has 0 aliphatic heterocycles. The molecule has 25 heavy (non-hydrogen) atoms. The smallest absolute Gasteiger partial charge is 0.326 e. The molecule has 1 aromatic carbocycles. The van der Waals surface area contributed by atoms with E-state index < -0.39 is 36.2 Å². The molecule has 0 spiro atoms. The lowest BCUT2D eigenvalue weighted by Gasteiger charge is -2.14. The van der Waals surface area contributed by atoms with Crippen LogP contribution >= 0.6 is 0 Å². The number of carbonyl (C=O) groups is 4. The molecule has 10 nitrogen and oxygen atoms in total. The Morgan fingerprint density at radius 2 is 1.64 bits per heavy atom. The minimum absolute atomic E-state index is 0.138. The normalized spacial score (nSPS) is 11.2. The van der Waals surface area contributed by atoms with E-state index in [2.05, 4.69) is 10.6 Å². The van der Waals surface area contributed by atoms with E-state index in [1.54, 1.807) is 0 Å². The molecular formula is C15H18N4O6. The van der Waals surface area contributed by atoms with E-state index >= 15 is 0 Å². The van der Waals surface area contributed by atoms with Crippen LogP contribution in [0.25, 0.3) is 0 Å². The topological polar surface area (TPSA) is 183 Å². The van der Waals surface area contributed by atoms with Crippen molar-refractivity contribution in [1.82, 2.24) is 10.6 Å². The highest BCUT2D eigenvalue weighted by atomic mass is 16.4. The van der Waals surface area contributed by atoms with Gasteiger partial charge in [0.05, 0.1) is 12.8 Å². The molecule has 10 heteroatoms. The van der Waals surface area contributed by atoms with Crippen LogP contribution in [0.2, 0.25) is 0 Å². The van der Waals surface area contributed by atoms with E-state index in [-0.39, 0.29) is 24.4 Å². The fourth-order valence-electron chi connectivity index (χ4n) is 1.81. The van der Waals surface area contributed by atoms with Crippen molar-refractivity contribution in [3.63, 3.8) is 0 Å². The number of amides is 2. The molecule has 1 rings (SSSR count). The van der Waals surface area contributed by atoms with Crippen molar-refractivity contribution in [2.75, 3.05) is 6.54 Å². The molecule has 1 aromatic rings. The fraction of sp³-hybridized carbons (Fsp3) is 0.267. The predicted molar refractivity (Wildman–Crippen MR) is 86.2 cm³/mol. The van der Waals surface area contributed by atoms with Crippen molar-refractivity contribution in [3.8, 4) is 0 Å². The molecule has 0 unspecified atom stereocenters. The Kier molecular flexibility index (Phi) is 7.07. The summed E-state index contributed by atoms with van der Waals surface area (Å²) < 4.78 is 0. The van der Waals surface area contributed by atoms with Crippen LogP contribution in [-0.4, -0.2) is 52.4 Å². The molecule has 0 aromatic heterocycles. The second-order valence-electron chi connectivity index (χ2n) is 5.05. The number of hydrogen-bond acceptors (Lipinski definition) is 5. The van der Waals surface area contributed by atoms with Crippen molar-refractivity contribution < 1.29 is 29.4 Å². The summed E-state index contributed by atoms with van der Waals surface area (Å²) in [5.41, 5.74) is 5.85. The quantitative estimate of drug-likeness (QED) is 0.247. The van der Waals surface area contributed by atoms with Gasteiger partial charge in [-0.1, -0.05) is 12.1 Å². The second kappa shape index (κ2) is 9.01. The molecule has 0 saturated heterocycles. The molecule has 0 aliphatic rings. The Morgan fingerprint density at radius 3 is 2.12 bits per heavy atom. The van der Waals surface area contributed by atoms with Gasteiger partial charge in [-0.05, 0) is 12.1 Å². The maximum Gasteiger partial charge on any atom is 0.326 e. The number of carbonyl (C=O) groups excluding carboxylic acids is 2. The van der Waals surface area contributed by atoms with Crippen LogP contribution in [0.4, 0.5) is 0 Å². The van der Waals surface area contributed by atoms with Gasteiger partial charge in [-0.3, -0.25) is 19.8 Å². The Morgan fingerprint density at radius 1 is 1.08 bits per heavy atom. The molecule has 0 saturated carbocycles. The molecule has 0 fully saturated rings. The monoisotopic (exact) mass is 350 g/mol. The summed E-state index contributed by atoms with van der Waals surface area (Å²) in [5.74, 6) is -4.07. The summed E-state index contributed by atoms with van der Waals surface area (Å²) in [6, 6.07) is 4.15. The standard InChI is InChI=1S/C15H18N4O6/c16-13(17)8-1-3-9(4-2-8)14(23)19-10(15(24)25)7-11(20)18-6-5-12(21)22/h1-4,10H,5-7H2,(H3,16,17)(H,18,20)(H,19,23)(H,21,22)(H,24,25)/t10-/m0/s1. The van der Waals surface area contributed by atoms with Crippen molar-refractivity contribution in [2.45, 2.75) is 18.9 Å². The number of nitrogen functional groups attached to an aromatic ring is 1. The second-order valence-corrected chi connectivity index (χ2v) is 5.05. The summed E-state index contributed by atoms with van der Waals surface area (Å²) in [4.78, 5) is 45.2. The lowest BCUT2D eigenvalue weighted by atomic mass is 10.1. The van der Waals surface area contributed by atoms with E-state index in [9.17, 15) is 19.2 Å². The van der Waals surface area contributed by atoms with Gasteiger partial charge in [0.25, 0.3) is 5.91 Å². The highest BCUT2D eigenvalue weighted by Gasteiger charge is 2.23. The number of rotatable bonds is 9. The number of aliphatic carboxylic acids is 2. The summed E-state index contributed by atoms with van der Waals surface area (Å²) >= 11 is 0. The third-order valence-electron chi connectivity index (χ3n) is 3.11. The number of carboxylic acid groups (broad SMARTS) is 2. The maximum absolute atomic E-state index is 12.1. The Bertz CT molecular complexity index is 686. The first-order valence-corrected chi connectivity index (χ1v) is 7.17. The number of hydrogen-bond donors (Lipinski definition) is 6. The van der Waals surface area contributed by atoms with Crippen LogP contribution in [0, 0.1) is 5.41 Å². The summed E-state index contributed by atoms with van der Waals surface area (Å²) in [6.07, 6.45) is -0.829. The van der Waals surface area contributed by atoms with Crippen LogP contribution in [0.15, 0.2) is 24.3 Å². The first kappa shape index (κ1) is 19.6. The Hall–Kier alpha value is -3.43. The molecule has 2 amide bonds. The molecular weight excluding hydrogens is 332 g/mol. The van der Waals surface area contributed by atoms with Gasteiger partial charge >= 0.3 is 11.9 Å². The predicted octanol–water partition coefficient (Wildman–Crippen LogP) is -0.865. The van der Waals surface area contributed by atoms with Gasteiger partial charge in [-0.15, -0.1) is 0 Å². The number of nitrogens with one attached hydrogen (secondary N) is 3. The van der Waals surface area contributed by atoms with E-state index in [1.807, 2.05) is 0 Å². The highest BCUT2D eigenvalue weighted by Crippen LogP contribution is 2.05. The van der Waals surface area contributed by atoms with Gasteiger partial charge in [0.15, 0.2) is 0 Å². The van der Waals surface area contributed by atoms with Crippen molar-refractivity contribution in [1.29, 1.82) is 5.41 Å². The zero-order valence-corrected chi connectivity index (χ0v) is 13.1. The first-order chi connectivity index (χ1) is 11.7. The van der Waals surface area contributed by atoms with Crippen LogP contribution in [0.3, 0.4) is 0 Å². The Labute approximate surface area is 142 Å². The summed E-state index contributed by atoms with van der Waals surface area (Å²) in [5, 5.41) is 29.3. The molecule has 0 radical (unpaired) electrons. The minimum Gasteiger partial charge on any atom is -0.481 e.